The van der Waals surface area contributed by atoms with E-state index in [0.717, 1.165) is 6.54 Å². The van der Waals surface area contributed by atoms with E-state index in [2.05, 4.69) is 31.5 Å². The molecular formula is C11H13BrFN3O. The van der Waals surface area contributed by atoms with Crippen molar-refractivity contribution in [1.29, 1.82) is 0 Å². The van der Waals surface area contributed by atoms with E-state index in [0.29, 0.717) is 16.7 Å². The summed E-state index contributed by atoms with van der Waals surface area (Å²) < 4.78 is 14.1. The molecule has 6 heteroatoms. The number of amides is 1. The maximum atomic E-state index is 13.5. The molecule has 0 aliphatic carbocycles. The number of pyridine rings is 1. The normalized spacial score (nSPS) is 24.4. The second-order valence-corrected chi connectivity index (χ2v) is 4.75. The van der Waals surface area contributed by atoms with Crippen LogP contribution in [0, 0.1) is 0 Å². The van der Waals surface area contributed by atoms with Crippen LogP contribution in [0.5, 0.6) is 0 Å². The highest BCUT2D eigenvalue weighted by Crippen LogP contribution is 2.10. The first-order valence-electron chi connectivity index (χ1n) is 5.45. The fourth-order valence-electron chi connectivity index (χ4n) is 1.76. The van der Waals surface area contributed by atoms with Crippen molar-refractivity contribution < 1.29 is 9.18 Å². The highest BCUT2D eigenvalue weighted by atomic mass is 79.9. The lowest BCUT2D eigenvalue weighted by Gasteiger charge is -2.27. The summed E-state index contributed by atoms with van der Waals surface area (Å²) in [7, 11) is 0. The molecule has 1 aliphatic heterocycles. The molecule has 4 nitrogen and oxygen atoms in total. The number of nitrogens with zero attached hydrogens (tertiary/aromatic N) is 1. The molecule has 1 aromatic rings. The SMILES string of the molecule is O=C(NC1CCNCC1F)c1cccc(Br)n1. The predicted molar refractivity (Wildman–Crippen MR) is 65.6 cm³/mol. The van der Waals surface area contributed by atoms with E-state index in [1.165, 1.54) is 0 Å². The molecule has 1 fully saturated rings. The fraction of sp³-hybridized carbons (Fsp3) is 0.455. The number of nitrogens with one attached hydrogen (secondary N) is 2. The molecule has 0 bridgehead atoms. The maximum Gasteiger partial charge on any atom is 0.270 e. The zero-order valence-corrected chi connectivity index (χ0v) is 10.7. The molecule has 17 heavy (non-hydrogen) atoms. The van der Waals surface area contributed by atoms with Crippen molar-refractivity contribution in [2.24, 2.45) is 0 Å². The quantitative estimate of drug-likeness (QED) is 0.809. The Morgan fingerprint density at radius 1 is 1.59 bits per heavy atom. The van der Waals surface area contributed by atoms with Gasteiger partial charge >= 0.3 is 0 Å². The van der Waals surface area contributed by atoms with Gasteiger partial charge in [-0.05, 0) is 41.0 Å². The Morgan fingerprint density at radius 3 is 3.12 bits per heavy atom. The van der Waals surface area contributed by atoms with E-state index in [4.69, 9.17) is 0 Å². The minimum absolute atomic E-state index is 0.289. The van der Waals surface area contributed by atoms with Crippen LogP contribution >= 0.6 is 15.9 Å². The van der Waals surface area contributed by atoms with Crippen molar-refractivity contribution in [2.75, 3.05) is 13.1 Å². The van der Waals surface area contributed by atoms with E-state index in [-0.39, 0.29) is 12.5 Å². The predicted octanol–water partition coefficient (Wildman–Crippen LogP) is 1.27. The molecule has 2 rings (SSSR count). The number of alkyl halides is 1. The van der Waals surface area contributed by atoms with Crippen LogP contribution in [0.25, 0.3) is 0 Å². The number of hydrogen-bond acceptors (Lipinski definition) is 3. The van der Waals surface area contributed by atoms with Crippen LogP contribution in [0.15, 0.2) is 22.8 Å². The van der Waals surface area contributed by atoms with Crippen LogP contribution in [0.1, 0.15) is 16.9 Å². The minimum Gasteiger partial charge on any atom is -0.345 e. The van der Waals surface area contributed by atoms with Gasteiger partial charge in [-0.1, -0.05) is 6.07 Å². The third-order valence-electron chi connectivity index (χ3n) is 2.67. The molecule has 2 N–H and O–H groups in total. The van der Waals surface area contributed by atoms with Crippen molar-refractivity contribution in [1.82, 2.24) is 15.6 Å². The van der Waals surface area contributed by atoms with Crippen LogP contribution in [0.3, 0.4) is 0 Å². The summed E-state index contributed by atoms with van der Waals surface area (Å²) in [6.07, 6.45) is -0.444. The number of aromatic nitrogens is 1. The first-order valence-corrected chi connectivity index (χ1v) is 6.24. The molecular weight excluding hydrogens is 289 g/mol. The van der Waals surface area contributed by atoms with Crippen molar-refractivity contribution in [3.05, 3.63) is 28.5 Å². The number of carbonyl (C=O) groups is 1. The van der Waals surface area contributed by atoms with Gasteiger partial charge in [0.2, 0.25) is 0 Å². The lowest BCUT2D eigenvalue weighted by atomic mass is 10.0. The fourth-order valence-corrected chi connectivity index (χ4v) is 2.10. The molecule has 0 saturated carbocycles. The van der Waals surface area contributed by atoms with Gasteiger partial charge < -0.3 is 10.6 Å². The van der Waals surface area contributed by atoms with Crippen LogP contribution in [-0.4, -0.2) is 36.2 Å². The highest BCUT2D eigenvalue weighted by Gasteiger charge is 2.26. The monoisotopic (exact) mass is 301 g/mol. The average molecular weight is 302 g/mol. The van der Waals surface area contributed by atoms with Crippen LogP contribution < -0.4 is 10.6 Å². The van der Waals surface area contributed by atoms with Crippen molar-refractivity contribution in [3.8, 4) is 0 Å². The first kappa shape index (κ1) is 12.4. The standard InChI is InChI=1S/C11H13BrFN3O/c12-10-3-1-2-9(15-10)11(17)16-8-4-5-14-6-7(8)13/h1-3,7-8,14H,4-6H2,(H,16,17). The Morgan fingerprint density at radius 2 is 2.41 bits per heavy atom. The summed E-state index contributed by atoms with van der Waals surface area (Å²) in [5.41, 5.74) is 0.296. The number of rotatable bonds is 2. The van der Waals surface area contributed by atoms with Gasteiger partial charge in [0, 0.05) is 6.54 Å². The lowest BCUT2D eigenvalue weighted by molar-refractivity contribution is 0.0887. The van der Waals surface area contributed by atoms with E-state index in [9.17, 15) is 9.18 Å². The van der Waals surface area contributed by atoms with Gasteiger partial charge in [-0.2, -0.15) is 0 Å². The largest absolute Gasteiger partial charge is 0.345 e. The molecule has 2 heterocycles. The number of carbonyl (C=O) groups excluding carboxylic acids is 1. The van der Waals surface area contributed by atoms with Gasteiger partial charge in [-0.25, -0.2) is 9.37 Å². The van der Waals surface area contributed by atoms with Crippen molar-refractivity contribution >= 4 is 21.8 Å². The average Bonchev–Trinajstić information content (AvgIpc) is 2.32. The van der Waals surface area contributed by atoms with Crippen molar-refractivity contribution in [3.63, 3.8) is 0 Å². The van der Waals surface area contributed by atoms with Crippen LogP contribution in [0.4, 0.5) is 4.39 Å². The molecule has 92 valence electrons. The topological polar surface area (TPSA) is 54.0 Å². The summed E-state index contributed by atoms with van der Waals surface area (Å²) in [5.74, 6) is -0.333. The molecule has 2 unspecified atom stereocenters. The summed E-state index contributed by atoms with van der Waals surface area (Å²) >= 11 is 3.19. The van der Waals surface area contributed by atoms with Gasteiger partial charge in [0.1, 0.15) is 16.5 Å². The van der Waals surface area contributed by atoms with Gasteiger partial charge in [-0.15, -0.1) is 0 Å². The number of hydrogen-bond donors (Lipinski definition) is 2. The highest BCUT2D eigenvalue weighted by molar-refractivity contribution is 9.10. The van der Waals surface area contributed by atoms with Gasteiger partial charge in [0.25, 0.3) is 5.91 Å². The maximum absolute atomic E-state index is 13.5. The molecule has 1 amide bonds. The first-order chi connectivity index (χ1) is 8.16. The minimum atomic E-state index is -1.04. The third kappa shape index (κ3) is 3.23. The molecule has 1 aliphatic rings. The molecule has 1 aromatic heterocycles. The molecule has 0 aromatic carbocycles. The molecule has 0 spiro atoms. The smallest absolute Gasteiger partial charge is 0.270 e. The van der Waals surface area contributed by atoms with E-state index >= 15 is 0 Å². The van der Waals surface area contributed by atoms with Gasteiger partial charge in [0.05, 0.1) is 6.04 Å². The summed E-state index contributed by atoms with van der Waals surface area (Å²) in [6.45, 7) is 1.01. The molecule has 1 saturated heterocycles. The van der Waals surface area contributed by atoms with Gasteiger partial charge in [0.15, 0.2) is 0 Å². The molecule has 0 radical (unpaired) electrons. The number of halogens is 2. The zero-order valence-electron chi connectivity index (χ0n) is 9.12. The summed E-state index contributed by atoms with van der Waals surface area (Å²) in [6, 6.07) is 4.64. The summed E-state index contributed by atoms with van der Waals surface area (Å²) in [4.78, 5) is 15.9. The van der Waals surface area contributed by atoms with E-state index in [1.807, 2.05) is 0 Å². The van der Waals surface area contributed by atoms with Gasteiger partial charge in [-0.3, -0.25) is 4.79 Å². The van der Waals surface area contributed by atoms with E-state index in [1.54, 1.807) is 18.2 Å². The third-order valence-corrected chi connectivity index (χ3v) is 3.11. The van der Waals surface area contributed by atoms with Crippen LogP contribution in [-0.2, 0) is 0 Å². The Labute approximate surface area is 107 Å². The Kier molecular flexibility index (Phi) is 4.06. The van der Waals surface area contributed by atoms with Crippen LogP contribution in [0.2, 0.25) is 0 Å². The Bertz CT molecular complexity index is 415. The zero-order chi connectivity index (χ0) is 12.3. The van der Waals surface area contributed by atoms with E-state index < -0.39 is 12.2 Å². The lowest BCUT2D eigenvalue weighted by Crippen LogP contribution is -2.50. The number of piperidine rings is 1. The summed E-state index contributed by atoms with van der Waals surface area (Å²) in [5, 5.41) is 5.61. The molecule has 2 atom stereocenters. The second-order valence-electron chi connectivity index (χ2n) is 3.93. The second kappa shape index (κ2) is 5.55. The van der Waals surface area contributed by atoms with Crippen molar-refractivity contribution in [2.45, 2.75) is 18.6 Å². The Hall–Kier alpha value is -1.01. The Balaban J connectivity index is 2.01.